The average Bonchev–Trinajstić information content (AvgIpc) is 2.09. The molecule has 6 heteroatoms. The van der Waals surface area contributed by atoms with Crippen LogP contribution in [0.3, 0.4) is 0 Å². The van der Waals surface area contributed by atoms with Crippen LogP contribution < -0.4 is 5.73 Å². The fourth-order valence-corrected chi connectivity index (χ4v) is 1.19. The minimum atomic E-state index is -0.833. The predicted octanol–water partition coefficient (Wildman–Crippen LogP) is 1.95. The zero-order valence-corrected chi connectivity index (χ0v) is 13.8. The van der Waals surface area contributed by atoms with Gasteiger partial charge >= 0.3 is 5.97 Å². The maximum atomic E-state index is 11.7. The summed E-state index contributed by atoms with van der Waals surface area (Å²) in [5, 5.41) is 7.42. The van der Waals surface area contributed by atoms with E-state index in [1.807, 2.05) is 41.5 Å². The third kappa shape index (κ3) is 14.9. The van der Waals surface area contributed by atoms with Crippen LogP contribution in [0.4, 0.5) is 0 Å². The molecule has 0 aliphatic heterocycles. The van der Waals surface area contributed by atoms with Crippen LogP contribution in [0.2, 0.25) is 0 Å². The number of hydrogen-bond donors (Lipinski definition) is 2. The van der Waals surface area contributed by atoms with E-state index in [0.29, 0.717) is 0 Å². The van der Waals surface area contributed by atoms with Crippen LogP contribution in [0.1, 0.15) is 55.4 Å². The third-order valence-electron chi connectivity index (χ3n) is 1.72. The smallest absolute Gasteiger partial charge is 0.326 e. The summed E-state index contributed by atoms with van der Waals surface area (Å²) in [6.45, 7) is 14.1. The Bertz CT molecular complexity index is 311. The van der Waals surface area contributed by atoms with Gasteiger partial charge < -0.3 is 20.3 Å². The lowest BCUT2D eigenvalue weighted by Gasteiger charge is -2.29. The van der Waals surface area contributed by atoms with Gasteiger partial charge in [-0.2, -0.15) is 0 Å². The van der Waals surface area contributed by atoms with Gasteiger partial charge in [0.15, 0.2) is 0 Å². The molecule has 0 amide bonds. The Kier molecular flexibility index (Phi) is 8.69. The first-order chi connectivity index (χ1) is 8.65. The van der Waals surface area contributed by atoms with Gasteiger partial charge in [0.2, 0.25) is 0 Å². The zero-order valence-electron chi connectivity index (χ0n) is 13.8. The zero-order chi connectivity index (χ0) is 16.7. The fourth-order valence-electron chi connectivity index (χ4n) is 1.19. The standard InChI is InChI=1S/C12H25NO3.C2H4O2/c1-8(15-11(2,3)4)9(13)10(14)16-12(5,6)7;1-2(3)4/h8-9H,13H2,1-7H3;1H3,(H,3,4)/t8-,9+;/m1./s1. The van der Waals surface area contributed by atoms with Crippen LogP contribution in [0.25, 0.3) is 0 Å². The summed E-state index contributed by atoms with van der Waals surface area (Å²) in [6.07, 6.45) is -0.366. The maximum absolute atomic E-state index is 11.7. The van der Waals surface area contributed by atoms with E-state index in [1.54, 1.807) is 6.92 Å². The van der Waals surface area contributed by atoms with E-state index >= 15 is 0 Å². The van der Waals surface area contributed by atoms with Crippen LogP contribution in [0, 0.1) is 0 Å². The lowest BCUT2D eigenvalue weighted by atomic mass is 10.1. The van der Waals surface area contributed by atoms with Crippen LogP contribution >= 0.6 is 0 Å². The third-order valence-corrected chi connectivity index (χ3v) is 1.72. The second-order valence-corrected chi connectivity index (χ2v) is 6.51. The highest BCUT2D eigenvalue weighted by molar-refractivity contribution is 5.76. The number of carboxylic acid groups (broad SMARTS) is 1. The lowest BCUT2D eigenvalue weighted by molar-refractivity contribution is -0.162. The summed E-state index contributed by atoms with van der Waals surface area (Å²) in [5.41, 5.74) is 4.94. The first-order valence-electron chi connectivity index (χ1n) is 6.51. The van der Waals surface area contributed by atoms with Crippen molar-refractivity contribution < 1.29 is 24.2 Å². The second kappa shape index (κ2) is 8.21. The summed E-state index contributed by atoms with van der Waals surface area (Å²) in [5.74, 6) is -1.26. The van der Waals surface area contributed by atoms with E-state index in [4.69, 9.17) is 25.1 Å². The molecule has 120 valence electrons. The van der Waals surface area contributed by atoms with Crippen molar-refractivity contribution in [1.29, 1.82) is 0 Å². The molecule has 0 aliphatic carbocycles. The average molecular weight is 291 g/mol. The molecule has 0 fully saturated rings. The van der Waals surface area contributed by atoms with Crippen LogP contribution in [-0.2, 0) is 19.1 Å². The van der Waals surface area contributed by atoms with Crippen molar-refractivity contribution in [2.24, 2.45) is 5.73 Å². The molecular weight excluding hydrogens is 262 g/mol. The van der Waals surface area contributed by atoms with Crippen molar-refractivity contribution in [3.63, 3.8) is 0 Å². The van der Waals surface area contributed by atoms with E-state index in [-0.39, 0.29) is 11.7 Å². The molecule has 0 unspecified atom stereocenters. The quantitative estimate of drug-likeness (QED) is 0.771. The fraction of sp³-hybridized carbons (Fsp3) is 0.857. The Morgan fingerprint density at radius 1 is 1.05 bits per heavy atom. The Morgan fingerprint density at radius 3 is 1.65 bits per heavy atom. The number of ether oxygens (including phenoxy) is 2. The van der Waals surface area contributed by atoms with E-state index in [1.165, 1.54) is 0 Å². The van der Waals surface area contributed by atoms with Crippen molar-refractivity contribution in [2.75, 3.05) is 0 Å². The molecule has 0 spiro atoms. The summed E-state index contributed by atoms with van der Waals surface area (Å²) in [7, 11) is 0. The molecule has 0 radical (unpaired) electrons. The number of carboxylic acids is 1. The monoisotopic (exact) mass is 291 g/mol. The van der Waals surface area contributed by atoms with Gasteiger partial charge in [0.25, 0.3) is 5.97 Å². The number of hydrogen-bond acceptors (Lipinski definition) is 5. The Balaban J connectivity index is 0. The first kappa shape index (κ1) is 21.2. The summed E-state index contributed by atoms with van der Waals surface area (Å²) in [6, 6.07) is -0.751. The topological polar surface area (TPSA) is 98.9 Å². The summed E-state index contributed by atoms with van der Waals surface area (Å²) >= 11 is 0. The van der Waals surface area contributed by atoms with Crippen molar-refractivity contribution in [3.8, 4) is 0 Å². The SMILES string of the molecule is CC(=O)O.C[C@@H](OC(C)(C)C)[C@H](N)C(=O)OC(C)(C)C. The summed E-state index contributed by atoms with van der Waals surface area (Å²) < 4.78 is 10.8. The Morgan fingerprint density at radius 2 is 1.40 bits per heavy atom. The second-order valence-electron chi connectivity index (χ2n) is 6.51. The molecule has 0 aromatic heterocycles. The van der Waals surface area contributed by atoms with E-state index in [2.05, 4.69) is 0 Å². The van der Waals surface area contributed by atoms with Gasteiger partial charge in [-0.25, -0.2) is 0 Å². The number of rotatable bonds is 3. The number of carbonyl (C=O) groups is 2. The molecule has 0 bridgehead atoms. The van der Waals surface area contributed by atoms with Crippen molar-refractivity contribution in [1.82, 2.24) is 0 Å². The van der Waals surface area contributed by atoms with Gasteiger partial charge in [-0.1, -0.05) is 0 Å². The van der Waals surface area contributed by atoms with Crippen LogP contribution in [0.5, 0.6) is 0 Å². The molecular formula is C14H29NO5. The summed E-state index contributed by atoms with van der Waals surface area (Å²) in [4.78, 5) is 20.7. The Hall–Kier alpha value is -1.14. The van der Waals surface area contributed by atoms with E-state index in [9.17, 15) is 4.79 Å². The molecule has 0 saturated carbocycles. The van der Waals surface area contributed by atoms with Gasteiger partial charge in [0.1, 0.15) is 11.6 Å². The van der Waals surface area contributed by atoms with Gasteiger partial charge in [0.05, 0.1) is 11.7 Å². The van der Waals surface area contributed by atoms with E-state index in [0.717, 1.165) is 6.92 Å². The molecule has 6 nitrogen and oxygen atoms in total. The molecule has 2 atom stereocenters. The molecule has 0 aromatic carbocycles. The number of carbonyl (C=O) groups excluding carboxylic acids is 1. The minimum Gasteiger partial charge on any atom is -0.481 e. The van der Waals surface area contributed by atoms with Gasteiger partial charge in [-0.15, -0.1) is 0 Å². The number of nitrogens with two attached hydrogens (primary N) is 1. The largest absolute Gasteiger partial charge is 0.481 e. The normalized spacial score (nSPS) is 14.7. The van der Waals surface area contributed by atoms with Gasteiger partial charge in [-0.05, 0) is 48.5 Å². The molecule has 0 aromatic rings. The van der Waals surface area contributed by atoms with Crippen LogP contribution in [0.15, 0.2) is 0 Å². The van der Waals surface area contributed by atoms with Crippen LogP contribution in [-0.4, -0.2) is 40.4 Å². The molecule has 0 aliphatic rings. The molecule has 0 saturated heterocycles. The lowest BCUT2D eigenvalue weighted by Crippen LogP contribution is -2.47. The highest BCUT2D eigenvalue weighted by atomic mass is 16.6. The van der Waals surface area contributed by atoms with Gasteiger partial charge in [0, 0.05) is 6.92 Å². The first-order valence-corrected chi connectivity index (χ1v) is 6.51. The number of aliphatic carboxylic acids is 1. The Labute approximate surface area is 121 Å². The highest BCUT2D eigenvalue weighted by Gasteiger charge is 2.29. The molecule has 0 rings (SSSR count). The predicted molar refractivity (Wildman–Crippen MR) is 77.4 cm³/mol. The molecule has 3 N–H and O–H groups in total. The van der Waals surface area contributed by atoms with Crippen molar-refractivity contribution in [3.05, 3.63) is 0 Å². The minimum absolute atomic E-state index is 0.320. The molecule has 20 heavy (non-hydrogen) atoms. The molecule has 0 heterocycles. The highest BCUT2D eigenvalue weighted by Crippen LogP contribution is 2.15. The number of esters is 1. The van der Waals surface area contributed by atoms with Crippen molar-refractivity contribution >= 4 is 11.9 Å². The van der Waals surface area contributed by atoms with E-state index < -0.39 is 23.6 Å². The van der Waals surface area contributed by atoms with Gasteiger partial charge in [-0.3, -0.25) is 9.59 Å². The van der Waals surface area contributed by atoms with Crippen molar-refractivity contribution in [2.45, 2.75) is 78.7 Å². The maximum Gasteiger partial charge on any atom is 0.326 e.